The minimum Gasteiger partial charge on any atom is -0.493 e. The number of carbonyl (C=O) groups excluding carboxylic acids is 2. The van der Waals surface area contributed by atoms with E-state index in [0.29, 0.717) is 31.0 Å². The predicted molar refractivity (Wildman–Crippen MR) is 66.1 cm³/mol. The molecule has 18 heavy (non-hydrogen) atoms. The number of benzene rings is 1. The largest absolute Gasteiger partial charge is 0.493 e. The van der Waals surface area contributed by atoms with Crippen LogP contribution in [-0.2, 0) is 4.79 Å². The lowest BCUT2D eigenvalue weighted by Crippen LogP contribution is -2.32. The van der Waals surface area contributed by atoms with Gasteiger partial charge in [0.25, 0.3) is 0 Å². The molecule has 0 bridgehead atoms. The Bertz CT molecular complexity index is 446. The number of imide groups is 1. The fraction of sp³-hybridized carbons (Fsp3) is 0.333. The second-order valence-corrected chi connectivity index (χ2v) is 3.98. The third-order valence-corrected chi connectivity index (χ3v) is 2.59. The Kier molecular flexibility index (Phi) is 3.66. The molecule has 0 spiro atoms. The molecule has 3 N–H and O–H groups in total. The maximum atomic E-state index is 11.3. The highest BCUT2D eigenvalue weighted by Crippen LogP contribution is 2.14. The number of anilines is 1. The summed E-state index contributed by atoms with van der Waals surface area (Å²) >= 11 is 0. The summed E-state index contributed by atoms with van der Waals surface area (Å²) in [4.78, 5) is 23.7. The fourth-order valence-electron chi connectivity index (χ4n) is 1.70. The van der Waals surface area contributed by atoms with Crippen LogP contribution < -0.4 is 15.8 Å². The third-order valence-electron chi connectivity index (χ3n) is 2.59. The molecule has 0 saturated carbocycles. The summed E-state index contributed by atoms with van der Waals surface area (Å²) in [5.41, 5.74) is 6.25. The van der Waals surface area contributed by atoms with Gasteiger partial charge in [-0.05, 0) is 18.6 Å². The van der Waals surface area contributed by atoms with E-state index in [1.54, 1.807) is 12.1 Å². The number of nitrogens with one attached hydrogen (secondary N) is 1. The molecule has 1 saturated heterocycles. The first-order valence-corrected chi connectivity index (χ1v) is 5.73. The Morgan fingerprint density at radius 1 is 1.39 bits per heavy atom. The zero-order valence-electron chi connectivity index (χ0n) is 9.89. The minimum atomic E-state index is -0.330. The Labute approximate surface area is 105 Å². The summed E-state index contributed by atoms with van der Waals surface area (Å²) < 4.78 is 5.47. The Hall–Kier alpha value is -2.24. The van der Waals surface area contributed by atoms with Crippen LogP contribution in [0.5, 0.6) is 5.75 Å². The van der Waals surface area contributed by atoms with Gasteiger partial charge in [-0.15, -0.1) is 0 Å². The summed E-state index contributed by atoms with van der Waals surface area (Å²) in [5.74, 6) is 0.496. The topological polar surface area (TPSA) is 84.7 Å². The standard InChI is InChI=1S/C12H15N3O3/c13-9-3-1-4-10(7-9)18-6-2-5-15-11(16)8-14-12(15)17/h1,3-4,7H,2,5-6,8,13H2,(H,14,17). The Morgan fingerprint density at radius 2 is 2.22 bits per heavy atom. The molecular formula is C12H15N3O3. The van der Waals surface area contributed by atoms with Gasteiger partial charge in [-0.2, -0.15) is 0 Å². The van der Waals surface area contributed by atoms with Crippen molar-refractivity contribution in [1.82, 2.24) is 10.2 Å². The smallest absolute Gasteiger partial charge is 0.324 e. The number of hydrogen-bond donors (Lipinski definition) is 2. The molecule has 0 radical (unpaired) electrons. The third kappa shape index (κ3) is 2.91. The van der Waals surface area contributed by atoms with Gasteiger partial charge in [-0.25, -0.2) is 4.79 Å². The van der Waals surface area contributed by atoms with Gasteiger partial charge >= 0.3 is 6.03 Å². The molecule has 1 aromatic rings. The normalized spacial score (nSPS) is 14.8. The van der Waals surface area contributed by atoms with Crippen molar-refractivity contribution < 1.29 is 14.3 Å². The molecule has 2 rings (SSSR count). The number of urea groups is 1. The quantitative estimate of drug-likeness (QED) is 0.454. The molecule has 0 atom stereocenters. The molecule has 6 nitrogen and oxygen atoms in total. The summed E-state index contributed by atoms with van der Waals surface area (Å²) in [6, 6.07) is 6.80. The average Bonchev–Trinajstić information content (AvgIpc) is 2.66. The number of nitrogens with two attached hydrogens (primary N) is 1. The summed E-state index contributed by atoms with van der Waals surface area (Å²) in [5, 5.41) is 2.47. The second-order valence-electron chi connectivity index (χ2n) is 3.98. The molecule has 3 amide bonds. The zero-order valence-corrected chi connectivity index (χ0v) is 9.89. The number of carbonyl (C=O) groups is 2. The summed E-state index contributed by atoms with van der Waals surface area (Å²) in [6.45, 7) is 0.891. The number of rotatable bonds is 5. The van der Waals surface area contributed by atoms with Crippen molar-refractivity contribution >= 4 is 17.6 Å². The van der Waals surface area contributed by atoms with Crippen LogP contribution in [-0.4, -0.2) is 36.5 Å². The number of ether oxygens (including phenoxy) is 1. The molecule has 6 heteroatoms. The second kappa shape index (κ2) is 5.39. The van der Waals surface area contributed by atoms with Gasteiger partial charge in [0.2, 0.25) is 5.91 Å². The molecule has 1 aliphatic rings. The summed E-state index contributed by atoms with van der Waals surface area (Å²) in [6.07, 6.45) is 0.591. The van der Waals surface area contributed by atoms with E-state index in [2.05, 4.69) is 5.32 Å². The van der Waals surface area contributed by atoms with E-state index in [-0.39, 0.29) is 18.5 Å². The highest BCUT2D eigenvalue weighted by atomic mass is 16.5. The van der Waals surface area contributed by atoms with E-state index in [4.69, 9.17) is 10.5 Å². The van der Waals surface area contributed by atoms with E-state index in [9.17, 15) is 9.59 Å². The van der Waals surface area contributed by atoms with Gasteiger partial charge in [0.15, 0.2) is 0 Å². The highest BCUT2D eigenvalue weighted by molar-refractivity contribution is 6.01. The van der Waals surface area contributed by atoms with Crippen LogP contribution in [0, 0.1) is 0 Å². The van der Waals surface area contributed by atoms with Crippen molar-refractivity contribution in [2.24, 2.45) is 0 Å². The molecule has 1 heterocycles. The molecule has 0 unspecified atom stereocenters. The number of hydrogen-bond acceptors (Lipinski definition) is 4. The van der Waals surface area contributed by atoms with Crippen molar-refractivity contribution in [2.45, 2.75) is 6.42 Å². The van der Waals surface area contributed by atoms with Crippen LogP contribution in [0.4, 0.5) is 10.5 Å². The van der Waals surface area contributed by atoms with Gasteiger partial charge < -0.3 is 15.8 Å². The highest BCUT2D eigenvalue weighted by Gasteiger charge is 2.27. The Balaban J connectivity index is 1.73. The summed E-state index contributed by atoms with van der Waals surface area (Å²) in [7, 11) is 0. The lowest BCUT2D eigenvalue weighted by molar-refractivity contribution is -0.125. The first-order valence-electron chi connectivity index (χ1n) is 5.73. The zero-order chi connectivity index (χ0) is 13.0. The number of nitrogen functional groups attached to an aromatic ring is 1. The van der Waals surface area contributed by atoms with Gasteiger partial charge in [0, 0.05) is 18.3 Å². The molecule has 1 aromatic carbocycles. The van der Waals surface area contributed by atoms with E-state index >= 15 is 0 Å². The first-order chi connectivity index (χ1) is 8.66. The lowest BCUT2D eigenvalue weighted by Gasteiger charge is -2.12. The van der Waals surface area contributed by atoms with Crippen LogP contribution in [0.1, 0.15) is 6.42 Å². The van der Waals surface area contributed by atoms with Crippen molar-refractivity contribution in [3.05, 3.63) is 24.3 Å². The van der Waals surface area contributed by atoms with Crippen LogP contribution in [0.25, 0.3) is 0 Å². The van der Waals surface area contributed by atoms with Crippen molar-refractivity contribution in [1.29, 1.82) is 0 Å². The van der Waals surface area contributed by atoms with Gasteiger partial charge in [-0.1, -0.05) is 6.07 Å². The van der Waals surface area contributed by atoms with E-state index in [0.717, 1.165) is 0 Å². The van der Waals surface area contributed by atoms with Crippen LogP contribution >= 0.6 is 0 Å². The van der Waals surface area contributed by atoms with Crippen LogP contribution in [0.3, 0.4) is 0 Å². The number of amides is 3. The van der Waals surface area contributed by atoms with E-state index < -0.39 is 0 Å². The lowest BCUT2D eigenvalue weighted by atomic mass is 10.3. The molecule has 0 aromatic heterocycles. The van der Waals surface area contributed by atoms with Gasteiger partial charge in [-0.3, -0.25) is 9.69 Å². The maximum absolute atomic E-state index is 11.3. The first kappa shape index (κ1) is 12.2. The van der Waals surface area contributed by atoms with E-state index in [1.807, 2.05) is 12.1 Å². The minimum absolute atomic E-state index is 0.0922. The van der Waals surface area contributed by atoms with Gasteiger partial charge in [0.05, 0.1) is 13.2 Å². The fourth-order valence-corrected chi connectivity index (χ4v) is 1.70. The monoisotopic (exact) mass is 249 g/mol. The maximum Gasteiger partial charge on any atom is 0.324 e. The van der Waals surface area contributed by atoms with Crippen LogP contribution in [0.15, 0.2) is 24.3 Å². The molecule has 1 fully saturated rings. The molecule has 1 aliphatic heterocycles. The van der Waals surface area contributed by atoms with Gasteiger partial charge in [0.1, 0.15) is 5.75 Å². The van der Waals surface area contributed by atoms with Crippen molar-refractivity contribution in [3.63, 3.8) is 0 Å². The van der Waals surface area contributed by atoms with E-state index in [1.165, 1.54) is 4.90 Å². The SMILES string of the molecule is Nc1cccc(OCCCN2C(=O)CNC2=O)c1. The predicted octanol–water partition coefficient (Wildman–Crippen LogP) is 0.590. The van der Waals surface area contributed by atoms with Crippen molar-refractivity contribution in [2.75, 3.05) is 25.4 Å². The van der Waals surface area contributed by atoms with Crippen molar-refractivity contribution in [3.8, 4) is 5.75 Å². The molecule has 96 valence electrons. The molecule has 0 aliphatic carbocycles. The van der Waals surface area contributed by atoms with Crippen LogP contribution in [0.2, 0.25) is 0 Å². The Morgan fingerprint density at radius 3 is 2.89 bits per heavy atom. The molecular weight excluding hydrogens is 234 g/mol. The number of nitrogens with zero attached hydrogens (tertiary/aromatic N) is 1. The average molecular weight is 249 g/mol.